The molecular weight excluding hydrogens is 400 g/mol. The summed E-state index contributed by atoms with van der Waals surface area (Å²) < 4.78 is 16.8. The number of ether oxygens (including phenoxy) is 1. The van der Waals surface area contributed by atoms with E-state index in [2.05, 4.69) is 20.4 Å². The summed E-state index contributed by atoms with van der Waals surface area (Å²) in [5.74, 6) is 2.45. The van der Waals surface area contributed by atoms with Crippen LogP contribution >= 0.6 is 23.4 Å². The lowest BCUT2D eigenvalue weighted by molar-refractivity contribution is 0.252. The summed E-state index contributed by atoms with van der Waals surface area (Å²) in [5, 5.41) is 17.1. The highest BCUT2D eigenvalue weighted by Crippen LogP contribution is 2.24. The Morgan fingerprint density at radius 2 is 1.64 bits per heavy atom. The fourth-order valence-corrected chi connectivity index (χ4v) is 3.02. The van der Waals surface area contributed by atoms with Gasteiger partial charge in [-0.2, -0.15) is 0 Å². The van der Waals surface area contributed by atoms with Gasteiger partial charge in [0.15, 0.2) is 6.61 Å². The molecule has 0 bridgehead atoms. The van der Waals surface area contributed by atoms with Crippen molar-refractivity contribution in [1.29, 1.82) is 0 Å². The van der Waals surface area contributed by atoms with Crippen molar-refractivity contribution >= 4 is 23.4 Å². The first-order valence-corrected chi connectivity index (χ1v) is 9.75. The van der Waals surface area contributed by atoms with Crippen molar-refractivity contribution < 1.29 is 13.6 Å². The minimum atomic E-state index is 0.174. The van der Waals surface area contributed by atoms with Crippen LogP contribution in [0.15, 0.2) is 62.6 Å². The molecule has 0 amide bonds. The third-order valence-corrected chi connectivity index (χ3v) is 4.76. The molecule has 2 heterocycles. The molecule has 2 aromatic heterocycles. The van der Waals surface area contributed by atoms with Crippen LogP contribution in [0.3, 0.4) is 0 Å². The van der Waals surface area contributed by atoms with Gasteiger partial charge in [-0.05, 0) is 43.3 Å². The zero-order valence-corrected chi connectivity index (χ0v) is 16.4. The van der Waals surface area contributed by atoms with Crippen LogP contribution in [0.1, 0.15) is 17.3 Å². The SMILES string of the molecule is Cc1ccc(-c2nnc(CSc3nnc(COc4ccc(Cl)cc4)o3)o2)cc1. The van der Waals surface area contributed by atoms with Crippen molar-refractivity contribution in [3.8, 4) is 17.2 Å². The maximum Gasteiger partial charge on any atom is 0.277 e. The average Bonchev–Trinajstić information content (AvgIpc) is 3.36. The fourth-order valence-electron chi connectivity index (χ4n) is 2.28. The molecule has 2 aromatic carbocycles. The molecule has 0 aliphatic rings. The number of hydrogen-bond donors (Lipinski definition) is 0. The van der Waals surface area contributed by atoms with Crippen LogP contribution in [0.5, 0.6) is 5.75 Å². The zero-order valence-electron chi connectivity index (χ0n) is 14.8. The predicted molar refractivity (Wildman–Crippen MR) is 104 cm³/mol. The van der Waals surface area contributed by atoms with E-state index in [-0.39, 0.29) is 6.61 Å². The molecule has 0 saturated heterocycles. The van der Waals surface area contributed by atoms with Crippen LogP contribution in [-0.4, -0.2) is 20.4 Å². The quantitative estimate of drug-likeness (QED) is 0.392. The van der Waals surface area contributed by atoms with Gasteiger partial charge in [0.2, 0.25) is 11.8 Å². The van der Waals surface area contributed by atoms with Crippen LogP contribution < -0.4 is 4.74 Å². The maximum atomic E-state index is 5.84. The summed E-state index contributed by atoms with van der Waals surface area (Å²) in [5.41, 5.74) is 2.06. The average molecular weight is 415 g/mol. The molecule has 9 heteroatoms. The Morgan fingerprint density at radius 1 is 0.893 bits per heavy atom. The Bertz CT molecular complexity index is 1050. The molecule has 4 aromatic rings. The normalized spacial score (nSPS) is 10.9. The van der Waals surface area contributed by atoms with Crippen LogP contribution in [-0.2, 0) is 12.4 Å². The van der Waals surface area contributed by atoms with Gasteiger partial charge in [-0.15, -0.1) is 20.4 Å². The number of hydrogen-bond acceptors (Lipinski definition) is 8. The second-order valence-corrected chi connectivity index (χ2v) is 7.22. The highest BCUT2D eigenvalue weighted by molar-refractivity contribution is 7.98. The molecule has 0 fully saturated rings. The zero-order chi connectivity index (χ0) is 19.3. The summed E-state index contributed by atoms with van der Waals surface area (Å²) in [6.45, 7) is 2.20. The number of aryl methyl sites for hydroxylation is 1. The van der Waals surface area contributed by atoms with Gasteiger partial charge < -0.3 is 13.6 Å². The molecule has 4 rings (SSSR count). The Balaban J connectivity index is 1.31. The molecule has 0 N–H and O–H groups in total. The van der Waals surface area contributed by atoms with E-state index in [1.807, 2.05) is 31.2 Å². The lowest BCUT2D eigenvalue weighted by Gasteiger charge is -2.02. The van der Waals surface area contributed by atoms with Gasteiger partial charge in [0.25, 0.3) is 11.1 Å². The number of aromatic nitrogens is 4. The monoisotopic (exact) mass is 414 g/mol. The van der Waals surface area contributed by atoms with Crippen molar-refractivity contribution in [3.05, 3.63) is 70.9 Å². The highest BCUT2D eigenvalue weighted by atomic mass is 35.5. The minimum Gasteiger partial charge on any atom is -0.484 e. The van der Waals surface area contributed by atoms with Crippen LogP contribution in [0.2, 0.25) is 5.02 Å². The molecule has 0 saturated carbocycles. The number of benzene rings is 2. The van der Waals surface area contributed by atoms with E-state index in [1.165, 1.54) is 17.3 Å². The topological polar surface area (TPSA) is 87.1 Å². The summed E-state index contributed by atoms with van der Waals surface area (Å²) in [4.78, 5) is 0. The largest absolute Gasteiger partial charge is 0.484 e. The number of rotatable bonds is 7. The Kier molecular flexibility index (Phi) is 5.59. The van der Waals surface area contributed by atoms with Crippen molar-refractivity contribution in [2.45, 2.75) is 24.5 Å². The van der Waals surface area contributed by atoms with Crippen LogP contribution in [0, 0.1) is 6.92 Å². The standard InChI is InChI=1S/C19H15ClN4O3S/c1-12-2-4-13(5-3-12)18-23-22-17(26-18)11-28-19-24-21-16(27-19)10-25-15-8-6-14(20)7-9-15/h2-9H,10-11H2,1H3. The first-order chi connectivity index (χ1) is 13.7. The fraction of sp³-hybridized carbons (Fsp3) is 0.158. The summed E-state index contributed by atoms with van der Waals surface area (Å²) in [7, 11) is 0. The predicted octanol–water partition coefficient (Wildman–Crippen LogP) is 4.95. The van der Waals surface area contributed by atoms with Gasteiger partial charge in [-0.1, -0.05) is 41.1 Å². The van der Waals surface area contributed by atoms with E-state index in [1.54, 1.807) is 24.3 Å². The molecule has 0 atom stereocenters. The van der Waals surface area contributed by atoms with E-state index in [4.69, 9.17) is 25.2 Å². The van der Waals surface area contributed by atoms with Crippen molar-refractivity contribution in [2.75, 3.05) is 0 Å². The Hall–Kier alpha value is -2.84. The number of thioether (sulfide) groups is 1. The lowest BCUT2D eigenvalue weighted by Crippen LogP contribution is -1.95. The van der Waals surface area contributed by atoms with E-state index in [0.29, 0.717) is 39.4 Å². The lowest BCUT2D eigenvalue weighted by atomic mass is 10.1. The summed E-state index contributed by atoms with van der Waals surface area (Å²) in [6.07, 6.45) is 0. The first-order valence-electron chi connectivity index (χ1n) is 8.39. The smallest absolute Gasteiger partial charge is 0.277 e. The van der Waals surface area contributed by atoms with E-state index in [9.17, 15) is 0 Å². The molecule has 0 aliphatic heterocycles. The van der Waals surface area contributed by atoms with Gasteiger partial charge in [-0.25, -0.2) is 0 Å². The summed E-state index contributed by atoms with van der Waals surface area (Å²) >= 11 is 7.16. The highest BCUT2D eigenvalue weighted by Gasteiger charge is 2.12. The second-order valence-electron chi connectivity index (χ2n) is 5.86. The molecule has 7 nitrogen and oxygen atoms in total. The van der Waals surface area contributed by atoms with Gasteiger partial charge in [0.05, 0.1) is 5.75 Å². The van der Waals surface area contributed by atoms with Gasteiger partial charge in [0, 0.05) is 10.6 Å². The Labute approximate surface area is 170 Å². The maximum absolute atomic E-state index is 5.84. The molecule has 0 radical (unpaired) electrons. The van der Waals surface area contributed by atoms with Gasteiger partial charge in [-0.3, -0.25) is 0 Å². The molecular formula is C19H15ClN4O3S. The summed E-state index contributed by atoms with van der Waals surface area (Å²) in [6, 6.07) is 14.9. The third-order valence-electron chi connectivity index (χ3n) is 3.71. The molecule has 28 heavy (non-hydrogen) atoms. The van der Waals surface area contributed by atoms with E-state index < -0.39 is 0 Å². The molecule has 0 unspecified atom stereocenters. The molecule has 0 aliphatic carbocycles. The van der Waals surface area contributed by atoms with Crippen molar-refractivity contribution in [2.24, 2.45) is 0 Å². The number of nitrogens with zero attached hydrogens (tertiary/aromatic N) is 4. The second kappa shape index (κ2) is 8.45. The van der Waals surface area contributed by atoms with Crippen LogP contribution in [0.25, 0.3) is 11.5 Å². The van der Waals surface area contributed by atoms with Crippen molar-refractivity contribution in [1.82, 2.24) is 20.4 Å². The third kappa shape index (κ3) is 4.71. The van der Waals surface area contributed by atoms with Crippen molar-refractivity contribution in [3.63, 3.8) is 0 Å². The van der Waals surface area contributed by atoms with E-state index in [0.717, 1.165) is 5.56 Å². The first kappa shape index (κ1) is 18.5. The number of halogens is 1. The molecule has 142 valence electrons. The minimum absolute atomic E-state index is 0.174. The Morgan fingerprint density at radius 3 is 2.43 bits per heavy atom. The van der Waals surface area contributed by atoms with Crippen LogP contribution in [0.4, 0.5) is 0 Å². The van der Waals surface area contributed by atoms with E-state index >= 15 is 0 Å². The van der Waals surface area contributed by atoms with Gasteiger partial charge in [0.1, 0.15) is 5.75 Å². The van der Waals surface area contributed by atoms with Gasteiger partial charge >= 0.3 is 0 Å². The molecule has 0 spiro atoms.